The molecule has 3 aromatic carbocycles. The molecule has 0 spiro atoms. The van der Waals surface area contributed by atoms with Crippen LogP contribution in [0.15, 0.2) is 72.8 Å². The zero-order valence-electron chi connectivity index (χ0n) is 13.5. The summed E-state index contributed by atoms with van der Waals surface area (Å²) in [6, 6.07) is 24.8. The number of benzene rings is 3. The van der Waals surface area contributed by atoms with Crippen LogP contribution in [-0.2, 0) is 6.61 Å². The minimum atomic E-state index is -0.0762. The van der Waals surface area contributed by atoms with Gasteiger partial charge in [-0.05, 0) is 22.9 Å². The molecule has 0 bridgehead atoms. The predicted molar refractivity (Wildman–Crippen MR) is 102 cm³/mol. The average molecular weight is 324 g/mol. The maximum atomic E-state index is 9.72. The number of hydrogen-bond acceptors (Lipinski definition) is 2. The van der Waals surface area contributed by atoms with Gasteiger partial charge in [0.2, 0.25) is 0 Å². The molecule has 0 saturated heterocycles. The van der Waals surface area contributed by atoms with Crippen molar-refractivity contribution in [2.75, 3.05) is 0 Å². The smallest absolute Gasteiger partial charge is 0.0953 e. The number of pyridine rings is 1. The fourth-order valence-corrected chi connectivity index (χ4v) is 3.61. The van der Waals surface area contributed by atoms with E-state index in [1.54, 1.807) is 0 Å². The topological polar surface area (TPSA) is 48.9 Å². The molecule has 120 valence electrons. The summed E-state index contributed by atoms with van der Waals surface area (Å²) in [6.07, 6.45) is 0. The average Bonchev–Trinajstić information content (AvgIpc) is 3.05. The Labute approximate surface area is 144 Å². The van der Waals surface area contributed by atoms with Crippen LogP contribution < -0.4 is 0 Å². The van der Waals surface area contributed by atoms with Crippen LogP contribution >= 0.6 is 0 Å². The minimum absolute atomic E-state index is 0.0762. The van der Waals surface area contributed by atoms with E-state index in [9.17, 15) is 5.11 Å². The first kappa shape index (κ1) is 14.2. The van der Waals surface area contributed by atoms with Crippen molar-refractivity contribution in [1.29, 1.82) is 0 Å². The summed E-state index contributed by atoms with van der Waals surface area (Å²) in [5.74, 6) is 0. The number of para-hydroxylation sites is 1. The summed E-state index contributed by atoms with van der Waals surface area (Å²) in [7, 11) is 0. The summed E-state index contributed by atoms with van der Waals surface area (Å²) >= 11 is 0. The molecule has 0 aliphatic carbocycles. The molecule has 0 atom stereocenters. The monoisotopic (exact) mass is 324 g/mol. The summed E-state index contributed by atoms with van der Waals surface area (Å²) in [5, 5.41) is 14.3. The second kappa shape index (κ2) is 5.43. The Kier molecular flexibility index (Phi) is 3.08. The van der Waals surface area contributed by atoms with Crippen LogP contribution in [0.25, 0.3) is 43.8 Å². The molecule has 0 unspecified atom stereocenters. The first-order valence-electron chi connectivity index (χ1n) is 8.34. The van der Waals surface area contributed by atoms with Crippen molar-refractivity contribution < 1.29 is 5.11 Å². The molecule has 25 heavy (non-hydrogen) atoms. The van der Waals surface area contributed by atoms with Crippen molar-refractivity contribution in [2.45, 2.75) is 6.61 Å². The predicted octanol–water partition coefficient (Wildman–Crippen LogP) is 5.03. The van der Waals surface area contributed by atoms with Gasteiger partial charge >= 0.3 is 0 Å². The number of aliphatic hydroxyl groups is 1. The number of aromatic nitrogens is 2. The lowest BCUT2D eigenvalue weighted by atomic mass is 10.00. The maximum Gasteiger partial charge on any atom is 0.0953 e. The number of fused-ring (bicyclic) bond motifs is 4. The molecule has 0 radical (unpaired) electrons. The molecule has 3 nitrogen and oxygen atoms in total. The van der Waals surface area contributed by atoms with Gasteiger partial charge in [0.15, 0.2) is 0 Å². The van der Waals surface area contributed by atoms with Crippen LogP contribution in [0, 0.1) is 0 Å². The zero-order valence-corrected chi connectivity index (χ0v) is 13.5. The van der Waals surface area contributed by atoms with Crippen LogP contribution in [0.3, 0.4) is 0 Å². The number of nitrogens with zero attached hydrogens (tertiary/aromatic N) is 1. The number of hydrogen-bond donors (Lipinski definition) is 2. The summed E-state index contributed by atoms with van der Waals surface area (Å²) in [4.78, 5) is 8.27. The maximum absolute atomic E-state index is 9.72. The largest absolute Gasteiger partial charge is 0.390 e. The second-order valence-corrected chi connectivity index (χ2v) is 6.24. The Balaban J connectivity index is 1.95. The van der Waals surface area contributed by atoms with Gasteiger partial charge in [0.25, 0.3) is 0 Å². The van der Waals surface area contributed by atoms with E-state index < -0.39 is 0 Å². The summed E-state index contributed by atoms with van der Waals surface area (Å²) < 4.78 is 0. The van der Waals surface area contributed by atoms with Crippen molar-refractivity contribution in [3.05, 3.63) is 78.5 Å². The van der Waals surface area contributed by atoms with Crippen molar-refractivity contribution in [1.82, 2.24) is 9.97 Å². The lowest BCUT2D eigenvalue weighted by molar-refractivity contribution is 0.277. The van der Waals surface area contributed by atoms with E-state index in [1.807, 2.05) is 30.3 Å². The third kappa shape index (κ3) is 2.13. The Morgan fingerprint density at radius 3 is 2.44 bits per heavy atom. The van der Waals surface area contributed by atoms with Gasteiger partial charge in [-0.15, -0.1) is 0 Å². The van der Waals surface area contributed by atoms with Crippen molar-refractivity contribution in [2.24, 2.45) is 0 Å². The highest BCUT2D eigenvalue weighted by Gasteiger charge is 2.14. The highest BCUT2D eigenvalue weighted by Crippen LogP contribution is 2.35. The normalized spacial score (nSPS) is 11.6. The Bertz CT molecular complexity index is 1230. The van der Waals surface area contributed by atoms with Gasteiger partial charge < -0.3 is 10.1 Å². The molecule has 5 rings (SSSR count). The van der Waals surface area contributed by atoms with Crippen LogP contribution in [0.2, 0.25) is 0 Å². The fraction of sp³-hybridized carbons (Fsp3) is 0.0455. The molecular weight excluding hydrogens is 308 g/mol. The number of aliphatic hydroxyl groups excluding tert-OH is 1. The van der Waals surface area contributed by atoms with E-state index in [1.165, 1.54) is 5.39 Å². The Hall–Kier alpha value is -3.17. The third-order valence-electron chi connectivity index (χ3n) is 4.76. The molecule has 0 amide bonds. The molecule has 2 heterocycles. The first-order chi connectivity index (χ1) is 12.3. The van der Waals surface area contributed by atoms with E-state index in [0.29, 0.717) is 5.69 Å². The van der Waals surface area contributed by atoms with Crippen molar-refractivity contribution in [3.63, 3.8) is 0 Å². The van der Waals surface area contributed by atoms with Gasteiger partial charge in [-0.1, -0.05) is 60.7 Å². The lowest BCUT2D eigenvalue weighted by Crippen LogP contribution is -1.94. The van der Waals surface area contributed by atoms with Crippen LogP contribution in [0.1, 0.15) is 5.69 Å². The number of nitrogens with one attached hydrogen (secondary N) is 1. The van der Waals surface area contributed by atoms with E-state index >= 15 is 0 Å². The highest BCUT2D eigenvalue weighted by atomic mass is 16.3. The molecule has 0 aliphatic rings. The SMILES string of the molecule is OCc1cc2c([nH]c3ccccc32)c(-c2cccc3ccccc23)n1. The van der Waals surface area contributed by atoms with Gasteiger partial charge in [-0.25, -0.2) is 4.98 Å². The first-order valence-corrected chi connectivity index (χ1v) is 8.34. The molecule has 0 fully saturated rings. The molecule has 0 aliphatic heterocycles. The number of rotatable bonds is 2. The molecule has 2 aromatic heterocycles. The van der Waals surface area contributed by atoms with E-state index in [-0.39, 0.29) is 6.61 Å². The summed E-state index contributed by atoms with van der Waals surface area (Å²) in [5.41, 5.74) is 4.73. The molecular formula is C22H16N2O. The third-order valence-corrected chi connectivity index (χ3v) is 4.76. The van der Waals surface area contributed by atoms with E-state index in [0.717, 1.165) is 38.4 Å². The molecule has 5 aromatic rings. The second-order valence-electron chi connectivity index (χ2n) is 6.24. The Morgan fingerprint density at radius 1 is 0.800 bits per heavy atom. The Morgan fingerprint density at radius 2 is 1.56 bits per heavy atom. The minimum Gasteiger partial charge on any atom is -0.390 e. The van der Waals surface area contributed by atoms with Crippen molar-refractivity contribution in [3.8, 4) is 11.3 Å². The summed E-state index contributed by atoms with van der Waals surface area (Å²) in [6.45, 7) is -0.0762. The van der Waals surface area contributed by atoms with Crippen LogP contribution in [-0.4, -0.2) is 15.1 Å². The zero-order chi connectivity index (χ0) is 16.8. The van der Waals surface area contributed by atoms with Crippen molar-refractivity contribution >= 4 is 32.6 Å². The fourth-order valence-electron chi connectivity index (χ4n) is 3.61. The molecule has 0 saturated carbocycles. The van der Waals surface area contributed by atoms with Crippen LogP contribution in [0.4, 0.5) is 0 Å². The van der Waals surface area contributed by atoms with E-state index in [2.05, 4.69) is 47.4 Å². The van der Waals surface area contributed by atoms with Gasteiger partial charge in [0.1, 0.15) is 0 Å². The number of H-pyrrole nitrogens is 1. The van der Waals surface area contributed by atoms with Gasteiger partial charge in [-0.2, -0.15) is 0 Å². The lowest BCUT2D eigenvalue weighted by Gasteiger charge is -2.09. The van der Waals surface area contributed by atoms with Gasteiger partial charge in [0, 0.05) is 21.9 Å². The molecule has 3 heteroatoms. The highest BCUT2D eigenvalue weighted by molar-refractivity contribution is 6.13. The van der Waals surface area contributed by atoms with Crippen LogP contribution in [0.5, 0.6) is 0 Å². The van der Waals surface area contributed by atoms with Gasteiger partial charge in [-0.3, -0.25) is 0 Å². The quantitative estimate of drug-likeness (QED) is 0.478. The number of aromatic amines is 1. The van der Waals surface area contributed by atoms with Gasteiger partial charge in [0.05, 0.1) is 23.5 Å². The molecule has 2 N–H and O–H groups in total. The van der Waals surface area contributed by atoms with E-state index in [4.69, 9.17) is 4.98 Å². The standard InChI is InChI=1S/C22H16N2O/c25-13-15-12-19-17-9-3-4-11-20(17)24-22(19)21(23-15)18-10-5-7-14-6-1-2-8-16(14)18/h1-12,24-25H,13H2.